The van der Waals surface area contributed by atoms with Gasteiger partial charge in [-0.15, -0.1) is 0 Å². The molecule has 0 aromatic heterocycles. The highest BCUT2D eigenvalue weighted by Gasteiger charge is 2.28. The first kappa shape index (κ1) is 27.6. The van der Waals surface area contributed by atoms with E-state index >= 15 is 0 Å². The van der Waals surface area contributed by atoms with Gasteiger partial charge in [0, 0.05) is 6.54 Å². The van der Waals surface area contributed by atoms with Crippen molar-refractivity contribution >= 4 is 35.6 Å². The summed E-state index contributed by atoms with van der Waals surface area (Å²) in [6.45, 7) is 3.03. The number of hydrogen-bond donors (Lipinski definition) is 8. The summed E-state index contributed by atoms with van der Waals surface area (Å²) in [5, 5.41) is 24.9. The molecule has 31 heavy (non-hydrogen) atoms. The molecule has 0 aliphatic heterocycles. The van der Waals surface area contributed by atoms with Crippen LogP contribution in [0.3, 0.4) is 0 Å². The van der Waals surface area contributed by atoms with Gasteiger partial charge < -0.3 is 43.4 Å². The van der Waals surface area contributed by atoms with Crippen LogP contribution in [-0.4, -0.2) is 77.0 Å². The summed E-state index contributed by atoms with van der Waals surface area (Å²) in [5.41, 5.74) is 16.0. The summed E-state index contributed by atoms with van der Waals surface area (Å²) in [4.78, 5) is 62.3. The Morgan fingerprint density at radius 1 is 0.968 bits per heavy atom. The molecule has 14 heteroatoms. The molecule has 0 spiro atoms. The Morgan fingerprint density at radius 3 is 2.06 bits per heavy atom. The predicted molar refractivity (Wildman–Crippen MR) is 109 cm³/mol. The Kier molecular flexibility index (Phi) is 12.2. The third-order valence-electron chi connectivity index (χ3n) is 4.03. The first-order valence-corrected chi connectivity index (χ1v) is 9.48. The molecule has 0 aliphatic rings. The summed E-state index contributed by atoms with van der Waals surface area (Å²) in [7, 11) is 0. The van der Waals surface area contributed by atoms with E-state index in [2.05, 4.69) is 20.9 Å². The number of nitrogens with zero attached hydrogens (tertiary/aromatic N) is 1. The van der Waals surface area contributed by atoms with E-state index in [-0.39, 0.29) is 31.3 Å². The van der Waals surface area contributed by atoms with E-state index in [0.717, 1.165) is 0 Å². The standard InChI is InChI=1S/C17H31N7O7/c1-8(2)13(18)15(29)22-7-11(25)23-10(6-12(26)27)14(28)24-9(16(30)31)4-3-5-21-17(19)20/h8-10,13H,3-7,18H2,1-2H3,(H,22,29)(H,23,25)(H,24,28)(H,26,27)(H,30,31)(H4,19,20,21). The molecule has 11 N–H and O–H groups in total. The zero-order valence-electron chi connectivity index (χ0n) is 17.5. The second-order valence-electron chi connectivity index (χ2n) is 7.05. The first-order chi connectivity index (χ1) is 14.3. The topological polar surface area (TPSA) is 252 Å². The summed E-state index contributed by atoms with van der Waals surface area (Å²) < 4.78 is 0. The molecule has 0 aromatic rings. The number of carboxylic acid groups (broad SMARTS) is 2. The lowest BCUT2D eigenvalue weighted by atomic mass is 10.1. The van der Waals surface area contributed by atoms with Gasteiger partial charge in [0.1, 0.15) is 12.1 Å². The monoisotopic (exact) mass is 445 g/mol. The molecule has 0 saturated carbocycles. The summed E-state index contributed by atoms with van der Waals surface area (Å²) in [5.74, 6) is -5.52. The van der Waals surface area contributed by atoms with Crippen molar-refractivity contribution < 1.29 is 34.2 Å². The van der Waals surface area contributed by atoms with Crippen molar-refractivity contribution in [2.24, 2.45) is 28.1 Å². The molecule has 0 heterocycles. The van der Waals surface area contributed by atoms with Crippen LogP contribution in [-0.2, 0) is 24.0 Å². The number of rotatable bonds is 14. The highest BCUT2D eigenvalue weighted by molar-refractivity contribution is 5.94. The second-order valence-corrected chi connectivity index (χ2v) is 7.05. The van der Waals surface area contributed by atoms with Crippen molar-refractivity contribution in [1.82, 2.24) is 16.0 Å². The lowest BCUT2D eigenvalue weighted by Gasteiger charge is -2.21. The molecule has 3 atom stereocenters. The molecule has 176 valence electrons. The maximum atomic E-state index is 12.4. The van der Waals surface area contributed by atoms with Crippen molar-refractivity contribution in [3.8, 4) is 0 Å². The molecule has 3 amide bonds. The highest BCUT2D eigenvalue weighted by atomic mass is 16.4. The average Bonchev–Trinajstić information content (AvgIpc) is 2.66. The zero-order valence-corrected chi connectivity index (χ0v) is 17.5. The Labute approximate surface area is 179 Å². The van der Waals surface area contributed by atoms with Gasteiger partial charge in [-0.05, 0) is 18.8 Å². The van der Waals surface area contributed by atoms with Crippen molar-refractivity contribution in [3.05, 3.63) is 0 Å². The highest BCUT2D eigenvalue weighted by Crippen LogP contribution is 2.02. The predicted octanol–water partition coefficient (Wildman–Crippen LogP) is -3.33. The maximum absolute atomic E-state index is 12.4. The molecule has 0 radical (unpaired) electrons. The molecule has 14 nitrogen and oxygen atoms in total. The molecule has 3 unspecified atom stereocenters. The maximum Gasteiger partial charge on any atom is 0.326 e. The van der Waals surface area contributed by atoms with Crippen molar-refractivity contribution in [2.45, 2.75) is 51.2 Å². The van der Waals surface area contributed by atoms with Crippen LogP contribution < -0.4 is 33.2 Å². The van der Waals surface area contributed by atoms with E-state index in [4.69, 9.17) is 22.3 Å². The SMILES string of the molecule is CC(C)C(N)C(=O)NCC(=O)NC(CC(=O)O)C(=O)NC(CCCN=C(N)N)C(=O)O. The number of carboxylic acids is 2. The van der Waals surface area contributed by atoms with Crippen LogP contribution in [0, 0.1) is 5.92 Å². The van der Waals surface area contributed by atoms with Gasteiger partial charge in [-0.3, -0.25) is 24.2 Å². The number of hydrogen-bond acceptors (Lipinski definition) is 7. The zero-order chi connectivity index (χ0) is 24.1. The van der Waals surface area contributed by atoms with Crippen LogP contribution in [0.4, 0.5) is 0 Å². The fourth-order valence-corrected chi connectivity index (χ4v) is 2.25. The minimum atomic E-state index is -1.56. The molecule has 0 fully saturated rings. The lowest BCUT2D eigenvalue weighted by Crippen LogP contribution is -2.54. The number of nitrogens with two attached hydrogens (primary N) is 3. The Balaban J connectivity index is 4.95. The normalized spacial score (nSPS) is 13.4. The number of carbonyl (C=O) groups excluding carboxylic acids is 3. The van der Waals surface area contributed by atoms with Crippen molar-refractivity contribution in [3.63, 3.8) is 0 Å². The Morgan fingerprint density at radius 2 is 1.58 bits per heavy atom. The number of amides is 3. The molecule has 0 rings (SSSR count). The Bertz CT molecular complexity index is 692. The number of aliphatic imine (C=N–C) groups is 1. The van der Waals surface area contributed by atoms with Gasteiger partial charge in [0.05, 0.1) is 19.0 Å². The van der Waals surface area contributed by atoms with Crippen LogP contribution in [0.15, 0.2) is 4.99 Å². The molecular weight excluding hydrogens is 414 g/mol. The van der Waals surface area contributed by atoms with Crippen LogP contribution >= 0.6 is 0 Å². The number of nitrogens with one attached hydrogen (secondary N) is 3. The van der Waals surface area contributed by atoms with E-state index in [0.29, 0.717) is 0 Å². The molecule has 0 bridgehead atoms. The molecule has 0 aromatic carbocycles. The van der Waals surface area contributed by atoms with Crippen LogP contribution in [0.1, 0.15) is 33.1 Å². The minimum absolute atomic E-state index is 0.0330. The summed E-state index contributed by atoms with van der Waals surface area (Å²) >= 11 is 0. The fourth-order valence-electron chi connectivity index (χ4n) is 2.25. The first-order valence-electron chi connectivity index (χ1n) is 9.48. The summed E-state index contributed by atoms with van der Waals surface area (Å²) in [6.07, 6.45) is -0.598. The quantitative estimate of drug-likeness (QED) is 0.0749. The van der Waals surface area contributed by atoms with E-state index in [1.165, 1.54) is 0 Å². The van der Waals surface area contributed by atoms with E-state index in [1.807, 2.05) is 0 Å². The van der Waals surface area contributed by atoms with Crippen molar-refractivity contribution in [1.29, 1.82) is 0 Å². The molecule has 0 saturated heterocycles. The van der Waals surface area contributed by atoms with Gasteiger partial charge in [0.2, 0.25) is 17.7 Å². The van der Waals surface area contributed by atoms with Gasteiger partial charge in [-0.25, -0.2) is 4.79 Å². The van der Waals surface area contributed by atoms with Crippen LogP contribution in [0.2, 0.25) is 0 Å². The van der Waals surface area contributed by atoms with Crippen molar-refractivity contribution in [2.75, 3.05) is 13.1 Å². The minimum Gasteiger partial charge on any atom is -0.481 e. The number of carbonyl (C=O) groups is 5. The lowest BCUT2D eigenvalue weighted by molar-refractivity contribution is -0.143. The largest absolute Gasteiger partial charge is 0.481 e. The van der Waals surface area contributed by atoms with Gasteiger partial charge in [-0.1, -0.05) is 13.8 Å². The molecular formula is C17H31N7O7. The number of guanidine groups is 1. The third-order valence-corrected chi connectivity index (χ3v) is 4.03. The number of aliphatic carboxylic acids is 2. The van der Waals surface area contributed by atoms with Crippen LogP contribution in [0.25, 0.3) is 0 Å². The Hall–Kier alpha value is -3.42. The van der Waals surface area contributed by atoms with Gasteiger partial charge in [0.15, 0.2) is 5.96 Å². The average molecular weight is 445 g/mol. The van der Waals surface area contributed by atoms with E-state index < -0.39 is 60.8 Å². The van der Waals surface area contributed by atoms with Gasteiger partial charge >= 0.3 is 11.9 Å². The summed E-state index contributed by atoms with van der Waals surface area (Å²) in [6, 6.07) is -3.75. The third kappa shape index (κ3) is 12.0. The second kappa shape index (κ2) is 13.7. The van der Waals surface area contributed by atoms with Crippen LogP contribution in [0.5, 0.6) is 0 Å². The fraction of sp³-hybridized carbons (Fsp3) is 0.647. The van der Waals surface area contributed by atoms with Gasteiger partial charge in [-0.2, -0.15) is 0 Å². The van der Waals surface area contributed by atoms with Gasteiger partial charge in [0.25, 0.3) is 0 Å². The van der Waals surface area contributed by atoms with E-state index in [9.17, 15) is 29.1 Å². The smallest absolute Gasteiger partial charge is 0.326 e. The van der Waals surface area contributed by atoms with E-state index in [1.54, 1.807) is 13.8 Å². The molecule has 0 aliphatic carbocycles.